The molecule has 1 saturated carbocycles. The van der Waals surface area contributed by atoms with Crippen LogP contribution in [-0.4, -0.2) is 28.2 Å². The Morgan fingerprint density at radius 2 is 2.20 bits per heavy atom. The highest BCUT2D eigenvalue weighted by Gasteiger charge is 2.34. The minimum absolute atomic E-state index is 0.164. The number of aromatic nitrogens is 2. The number of amides is 1. The molecule has 3 N–H and O–H groups in total. The van der Waals surface area contributed by atoms with Crippen LogP contribution in [0.4, 0.5) is 10.6 Å². The van der Waals surface area contributed by atoms with E-state index in [-0.39, 0.29) is 17.4 Å². The average Bonchev–Trinajstić information content (AvgIpc) is 2.42. The molecule has 1 heterocycles. The molecule has 110 valence electrons. The van der Waals surface area contributed by atoms with Crippen LogP contribution in [0, 0.1) is 0 Å². The standard InChI is InChI=1S/C12H16BrClN4O2/c13-8-6-16-10(14)17-9(8)18-12(7-20-11(15)19)4-2-1-3-5-12/h6H,1-5,7H2,(H2,15,19)(H,16,17,18). The van der Waals surface area contributed by atoms with Crippen LogP contribution in [-0.2, 0) is 4.74 Å². The van der Waals surface area contributed by atoms with Crippen molar-refractivity contribution in [1.82, 2.24) is 9.97 Å². The molecule has 1 aromatic rings. The monoisotopic (exact) mass is 362 g/mol. The minimum atomic E-state index is -0.767. The van der Waals surface area contributed by atoms with Crippen molar-refractivity contribution in [3.8, 4) is 0 Å². The molecule has 1 aliphatic rings. The van der Waals surface area contributed by atoms with Crippen molar-refractivity contribution in [1.29, 1.82) is 0 Å². The Morgan fingerprint density at radius 3 is 2.85 bits per heavy atom. The van der Waals surface area contributed by atoms with Crippen molar-refractivity contribution in [3.63, 3.8) is 0 Å². The molecular formula is C12H16BrClN4O2. The van der Waals surface area contributed by atoms with Gasteiger partial charge in [-0.05, 0) is 40.4 Å². The van der Waals surface area contributed by atoms with Crippen molar-refractivity contribution in [2.45, 2.75) is 37.6 Å². The van der Waals surface area contributed by atoms with Crippen LogP contribution in [0.2, 0.25) is 5.28 Å². The first-order valence-corrected chi connectivity index (χ1v) is 7.56. The second kappa shape index (κ2) is 6.58. The first-order chi connectivity index (χ1) is 9.51. The zero-order valence-electron chi connectivity index (χ0n) is 10.9. The van der Waals surface area contributed by atoms with Gasteiger partial charge in [-0.15, -0.1) is 0 Å². The second-order valence-corrected chi connectivity index (χ2v) is 6.10. The molecule has 8 heteroatoms. The number of primary amides is 1. The van der Waals surface area contributed by atoms with Gasteiger partial charge in [0.15, 0.2) is 0 Å². The van der Waals surface area contributed by atoms with Crippen LogP contribution in [0.1, 0.15) is 32.1 Å². The number of carbonyl (C=O) groups excluding carboxylic acids is 1. The van der Waals surface area contributed by atoms with E-state index in [2.05, 4.69) is 31.2 Å². The second-order valence-electron chi connectivity index (χ2n) is 4.91. The number of carbonyl (C=O) groups is 1. The molecule has 20 heavy (non-hydrogen) atoms. The Bertz CT molecular complexity index is 494. The predicted octanol–water partition coefficient (Wildman–Crippen LogP) is 3.10. The highest BCUT2D eigenvalue weighted by molar-refractivity contribution is 9.10. The fourth-order valence-corrected chi connectivity index (χ4v) is 2.85. The zero-order chi connectivity index (χ0) is 14.6. The lowest BCUT2D eigenvalue weighted by atomic mass is 9.82. The van der Waals surface area contributed by atoms with Crippen molar-refractivity contribution < 1.29 is 9.53 Å². The molecular weight excluding hydrogens is 348 g/mol. The Morgan fingerprint density at radius 1 is 1.50 bits per heavy atom. The van der Waals surface area contributed by atoms with E-state index in [0.717, 1.165) is 25.7 Å². The SMILES string of the molecule is NC(=O)OCC1(Nc2nc(Cl)ncc2Br)CCCCC1. The molecule has 0 saturated heterocycles. The number of nitrogens with one attached hydrogen (secondary N) is 1. The third-order valence-electron chi connectivity index (χ3n) is 3.40. The van der Waals surface area contributed by atoms with E-state index >= 15 is 0 Å². The molecule has 0 bridgehead atoms. The Hall–Kier alpha value is -1.08. The summed E-state index contributed by atoms with van der Waals surface area (Å²) < 4.78 is 5.73. The Labute approximate surface area is 130 Å². The van der Waals surface area contributed by atoms with Crippen LogP contribution in [0.25, 0.3) is 0 Å². The molecule has 0 spiro atoms. The third kappa shape index (κ3) is 3.96. The van der Waals surface area contributed by atoms with Crippen molar-refractivity contribution >= 4 is 39.4 Å². The lowest BCUT2D eigenvalue weighted by Crippen LogP contribution is -2.46. The quantitative estimate of drug-likeness (QED) is 0.802. The summed E-state index contributed by atoms with van der Waals surface area (Å²) in [5, 5.41) is 3.51. The van der Waals surface area contributed by atoms with E-state index in [0.29, 0.717) is 10.3 Å². The van der Waals surface area contributed by atoms with E-state index in [1.165, 1.54) is 6.42 Å². The largest absolute Gasteiger partial charge is 0.447 e. The van der Waals surface area contributed by atoms with Gasteiger partial charge in [-0.25, -0.2) is 9.78 Å². The van der Waals surface area contributed by atoms with Crippen LogP contribution < -0.4 is 11.1 Å². The summed E-state index contributed by atoms with van der Waals surface area (Å²) in [7, 11) is 0. The highest BCUT2D eigenvalue weighted by atomic mass is 79.9. The molecule has 1 aromatic heterocycles. The predicted molar refractivity (Wildman–Crippen MR) is 79.7 cm³/mol. The number of rotatable bonds is 4. The number of nitrogens with two attached hydrogens (primary N) is 1. The van der Waals surface area contributed by atoms with Gasteiger partial charge in [0.25, 0.3) is 0 Å². The van der Waals surface area contributed by atoms with E-state index in [4.69, 9.17) is 22.1 Å². The summed E-state index contributed by atoms with van der Waals surface area (Å²) in [6, 6.07) is 0. The lowest BCUT2D eigenvalue weighted by Gasteiger charge is -2.37. The van der Waals surface area contributed by atoms with Gasteiger partial charge in [0, 0.05) is 6.20 Å². The van der Waals surface area contributed by atoms with Gasteiger partial charge in [0.1, 0.15) is 12.4 Å². The third-order valence-corrected chi connectivity index (χ3v) is 4.16. The van der Waals surface area contributed by atoms with Gasteiger partial charge in [-0.3, -0.25) is 0 Å². The van der Waals surface area contributed by atoms with E-state index in [1.807, 2.05) is 0 Å². The maximum absolute atomic E-state index is 10.9. The van der Waals surface area contributed by atoms with Gasteiger partial charge >= 0.3 is 6.09 Å². The molecule has 1 aliphatic carbocycles. The first-order valence-electron chi connectivity index (χ1n) is 6.39. The smallest absolute Gasteiger partial charge is 0.404 e. The van der Waals surface area contributed by atoms with Gasteiger partial charge in [0.05, 0.1) is 10.0 Å². The zero-order valence-corrected chi connectivity index (χ0v) is 13.2. The van der Waals surface area contributed by atoms with E-state index in [9.17, 15) is 4.79 Å². The number of nitrogens with zero attached hydrogens (tertiary/aromatic N) is 2. The number of halogens is 2. The van der Waals surface area contributed by atoms with Crippen LogP contribution in [0.15, 0.2) is 10.7 Å². The highest BCUT2D eigenvalue weighted by Crippen LogP contribution is 2.33. The molecule has 0 aromatic carbocycles. The van der Waals surface area contributed by atoms with Crippen molar-refractivity contribution in [3.05, 3.63) is 16.0 Å². The van der Waals surface area contributed by atoms with Gasteiger partial charge in [-0.2, -0.15) is 4.98 Å². The summed E-state index contributed by atoms with van der Waals surface area (Å²) >= 11 is 9.20. The summed E-state index contributed by atoms with van der Waals surface area (Å²) in [5.74, 6) is 0.597. The topological polar surface area (TPSA) is 90.1 Å². The Balaban J connectivity index is 2.18. The van der Waals surface area contributed by atoms with Crippen LogP contribution in [0.3, 0.4) is 0 Å². The van der Waals surface area contributed by atoms with Gasteiger partial charge in [0.2, 0.25) is 5.28 Å². The number of ether oxygens (including phenoxy) is 1. The molecule has 0 radical (unpaired) electrons. The van der Waals surface area contributed by atoms with E-state index < -0.39 is 6.09 Å². The number of hydrogen-bond donors (Lipinski definition) is 2. The Kier molecular flexibility index (Phi) is 5.04. The molecule has 0 aliphatic heterocycles. The molecule has 6 nitrogen and oxygen atoms in total. The van der Waals surface area contributed by atoms with Crippen LogP contribution >= 0.6 is 27.5 Å². The van der Waals surface area contributed by atoms with E-state index in [1.54, 1.807) is 6.20 Å². The number of hydrogen-bond acceptors (Lipinski definition) is 5. The van der Waals surface area contributed by atoms with Gasteiger partial charge in [-0.1, -0.05) is 19.3 Å². The summed E-state index contributed by atoms with van der Waals surface area (Å²) in [4.78, 5) is 18.9. The fraction of sp³-hybridized carbons (Fsp3) is 0.583. The average molecular weight is 364 g/mol. The molecule has 0 atom stereocenters. The van der Waals surface area contributed by atoms with Crippen LogP contribution in [0.5, 0.6) is 0 Å². The lowest BCUT2D eigenvalue weighted by molar-refractivity contribution is 0.117. The molecule has 1 fully saturated rings. The normalized spacial score (nSPS) is 17.5. The summed E-state index contributed by atoms with van der Waals surface area (Å²) in [6.07, 6.45) is 5.88. The maximum atomic E-state index is 10.9. The summed E-state index contributed by atoms with van der Waals surface area (Å²) in [5.41, 5.74) is 4.72. The molecule has 1 amide bonds. The van der Waals surface area contributed by atoms with Gasteiger partial charge < -0.3 is 15.8 Å². The molecule has 2 rings (SSSR count). The minimum Gasteiger partial charge on any atom is -0.447 e. The number of anilines is 1. The molecule has 0 unspecified atom stereocenters. The fourth-order valence-electron chi connectivity index (χ4n) is 2.43. The maximum Gasteiger partial charge on any atom is 0.404 e. The summed E-state index contributed by atoms with van der Waals surface area (Å²) in [6.45, 7) is 0.219. The first kappa shape index (κ1) is 15.3. The van der Waals surface area contributed by atoms with Crippen molar-refractivity contribution in [2.24, 2.45) is 5.73 Å². The van der Waals surface area contributed by atoms with Crippen molar-refractivity contribution in [2.75, 3.05) is 11.9 Å².